The lowest BCUT2D eigenvalue weighted by molar-refractivity contribution is -0.286. The summed E-state index contributed by atoms with van der Waals surface area (Å²) in [6.45, 7) is -1.89. The summed E-state index contributed by atoms with van der Waals surface area (Å²) in [6.07, 6.45) is -8.20. The van der Waals surface area contributed by atoms with Crippen molar-refractivity contribution >= 4 is 11.6 Å². The minimum Gasteiger partial charge on any atom is -0.395 e. The van der Waals surface area contributed by atoms with Crippen LogP contribution in [0.15, 0.2) is 18.2 Å². The highest BCUT2D eigenvalue weighted by atomic mass is 19.4. The quantitative estimate of drug-likeness (QED) is 0.836. The van der Waals surface area contributed by atoms with Gasteiger partial charge in [-0.25, -0.2) is 0 Å². The number of hydrogen-bond acceptors (Lipinski definition) is 4. The third-order valence-corrected chi connectivity index (χ3v) is 2.30. The van der Waals surface area contributed by atoms with E-state index in [0.29, 0.717) is 0 Å². The average molecular weight is 312 g/mol. The van der Waals surface area contributed by atoms with Crippen LogP contribution in [0.5, 0.6) is 11.5 Å². The second-order valence-electron chi connectivity index (χ2n) is 4.10. The molecule has 0 radical (unpaired) electrons. The zero-order valence-corrected chi connectivity index (χ0v) is 10.3. The number of nitrogens with one attached hydrogen (secondary N) is 2. The van der Waals surface area contributed by atoms with E-state index in [0.717, 1.165) is 12.1 Å². The molecule has 1 heterocycles. The van der Waals surface area contributed by atoms with Gasteiger partial charge in [-0.1, -0.05) is 0 Å². The molecule has 1 aromatic rings. The number of halogens is 5. The molecule has 0 saturated carbocycles. The third-order valence-electron chi connectivity index (χ3n) is 2.30. The highest BCUT2D eigenvalue weighted by molar-refractivity contribution is 5.92. The molecule has 2 N–H and O–H groups in total. The maximum Gasteiger partial charge on any atom is 0.586 e. The van der Waals surface area contributed by atoms with E-state index < -0.39 is 31.5 Å². The van der Waals surface area contributed by atoms with Crippen LogP contribution in [0.2, 0.25) is 0 Å². The van der Waals surface area contributed by atoms with Gasteiger partial charge in [-0.3, -0.25) is 4.79 Å². The first-order chi connectivity index (χ1) is 9.65. The van der Waals surface area contributed by atoms with E-state index in [1.807, 2.05) is 5.32 Å². The van der Waals surface area contributed by atoms with Crippen molar-refractivity contribution in [1.29, 1.82) is 0 Å². The summed E-state index contributed by atoms with van der Waals surface area (Å²) in [5.41, 5.74) is 0.0915. The van der Waals surface area contributed by atoms with Crippen molar-refractivity contribution in [2.45, 2.75) is 12.5 Å². The van der Waals surface area contributed by atoms with Gasteiger partial charge in [-0.15, -0.1) is 8.78 Å². The molecule has 0 spiro atoms. The molecule has 0 fully saturated rings. The van der Waals surface area contributed by atoms with Crippen LogP contribution in [-0.4, -0.2) is 31.5 Å². The first kappa shape index (κ1) is 15.3. The van der Waals surface area contributed by atoms with Gasteiger partial charge in [0, 0.05) is 11.8 Å². The maximum atomic E-state index is 12.8. The molecule has 1 aliphatic heterocycles. The molecule has 1 aromatic carbocycles. The summed E-state index contributed by atoms with van der Waals surface area (Å²) in [4.78, 5) is 11.4. The molecule has 5 nitrogen and oxygen atoms in total. The molecule has 1 amide bonds. The lowest BCUT2D eigenvalue weighted by Crippen LogP contribution is -2.35. The fourth-order valence-corrected chi connectivity index (χ4v) is 1.55. The molecular formula is C11H9F5N2O3. The molecule has 1 aliphatic rings. The van der Waals surface area contributed by atoms with Crippen LogP contribution in [0.4, 0.5) is 27.6 Å². The molecule has 0 saturated heterocycles. The van der Waals surface area contributed by atoms with Crippen LogP contribution in [0.25, 0.3) is 0 Å². The zero-order chi connectivity index (χ0) is 15.7. The summed E-state index contributed by atoms with van der Waals surface area (Å²) in [5.74, 6) is -1.24. The summed E-state index contributed by atoms with van der Waals surface area (Å²) in [6, 6.07) is 3.48. The van der Waals surface area contributed by atoms with Gasteiger partial charge in [0.05, 0.1) is 13.1 Å². The number of fused-ring (bicyclic) bond motifs is 1. The number of ether oxygens (including phenoxy) is 2. The fraction of sp³-hybridized carbons (Fsp3) is 0.364. The smallest absolute Gasteiger partial charge is 0.395 e. The number of benzene rings is 1. The van der Waals surface area contributed by atoms with E-state index in [1.54, 1.807) is 0 Å². The lowest BCUT2D eigenvalue weighted by Gasteiger charge is -2.09. The Kier molecular flexibility index (Phi) is 3.90. The van der Waals surface area contributed by atoms with E-state index in [4.69, 9.17) is 0 Å². The monoisotopic (exact) mass is 312 g/mol. The Labute approximate surface area is 115 Å². The van der Waals surface area contributed by atoms with Crippen LogP contribution in [0.3, 0.4) is 0 Å². The minimum atomic E-state index is -4.43. The number of carbonyl (C=O) groups is 1. The van der Waals surface area contributed by atoms with E-state index in [9.17, 15) is 26.7 Å². The van der Waals surface area contributed by atoms with Crippen LogP contribution in [0.1, 0.15) is 0 Å². The van der Waals surface area contributed by atoms with Gasteiger partial charge >= 0.3 is 12.5 Å². The number of alkyl halides is 5. The van der Waals surface area contributed by atoms with E-state index in [1.165, 1.54) is 6.07 Å². The Bertz CT molecular complexity index is 547. The number of amides is 1. The molecule has 0 bridgehead atoms. The minimum absolute atomic E-state index is 0.0915. The van der Waals surface area contributed by atoms with E-state index in [2.05, 4.69) is 14.8 Å². The predicted molar refractivity (Wildman–Crippen MR) is 60.2 cm³/mol. The third kappa shape index (κ3) is 4.45. The van der Waals surface area contributed by atoms with Gasteiger partial charge < -0.3 is 20.1 Å². The molecular weight excluding hydrogens is 303 g/mol. The summed E-state index contributed by atoms with van der Waals surface area (Å²) >= 11 is 0. The second-order valence-corrected chi connectivity index (χ2v) is 4.10. The molecule has 0 aliphatic carbocycles. The summed E-state index contributed by atoms with van der Waals surface area (Å²) in [5, 5.41) is 4.13. The van der Waals surface area contributed by atoms with Gasteiger partial charge in [0.1, 0.15) is 0 Å². The number of rotatable bonds is 4. The number of hydrogen-bond donors (Lipinski definition) is 2. The Morgan fingerprint density at radius 1 is 1.19 bits per heavy atom. The van der Waals surface area contributed by atoms with Crippen LogP contribution >= 0.6 is 0 Å². The zero-order valence-electron chi connectivity index (χ0n) is 10.3. The topological polar surface area (TPSA) is 59.6 Å². The molecule has 21 heavy (non-hydrogen) atoms. The van der Waals surface area contributed by atoms with Crippen molar-refractivity contribution in [3.63, 3.8) is 0 Å². The van der Waals surface area contributed by atoms with Crippen molar-refractivity contribution in [3.05, 3.63) is 18.2 Å². The largest absolute Gasteiger partial charge is 0.586 e. The molecule has 116 valence electrons. The Morgan fingerprint density at radius 3 is 2.52 bits per heavy atom. The lowest BCUT2D eigenvalue weighted by atomic mass is 10.3. The van der Waals surface area contributed by atoms with Crippen LogP contribution < -0.4 is 20.1 Å². The van der Waals surface area contributed by atoms with Crippen molar-refractivity contribution in [3.8, 4) is 11.5 Å². The van der Waals surface area contributed by atoms with Gasteiger partial charge in [-0.05, 0) is 12.1 Å². The Morgan fingerprint density at radius 2 is 1.86 bits per heavy atom. The molecule has 0 atom stereocenters. The van der Waals surface area contributed by atoms with Crippen LogP contribution in [0, 0.1) is 0 Å². The van der Waals surface area contributed by atoms with Crippen molar-refractivity contribution in [2.24, 2.45) is 0 Å². The molecule has 0 unspecified atom stereocenters. The first-order valence-corrected chi connectivity index (χ1v) is 5.62. The van der Waals surface area contributed by atoms with Gasteiger partial charge in [0.2, 0.25) is 5.91 Å². The Hall–Kier alpha value is -2.10. The predicted octanol–water partition coefficient (Wildman–Crippen LogP) is 2.10. The van der Waals surface area contributed by atoms with Crippen LogP contribution in [-0.2, 0) is 4.79 Å². The SMILES string of the molecule is O=C(CNCC(F)(F)F)Nc1ccc2c(c1)OC(F)(F)O2. The summed E-state index contributed by atoms with van der Waals surface area (Å²) < 4.78 is 69.4. The van der Waals surface area contributed by atoms with Crippen molar-refractivity contribution < 1.29 is 36.2 Å². The first-order valence-electron chi connectivity index (χ1n) is 5.62. The number of carbonyl (C=O) groups excluding carboxylic acids is 1. The maximum absolute atomic E-state index is 12.8. The van der Waals surface area contributed by atoms with E-state index in [-0.39, 0.29) is 17.2 Å². The summed E-state index contributed by atoms with van der Waals surface area (Å²) in [7, 11) is 0. The normalized spacial score (nSPS) is 15.9. The molecule has 10 heteroatoms. The van der Waals surface area contributed by atoms with Crippen molar-refractivity contribution in [1.82, 2.24) is 5.32 Å². The Balaban J connectivity index is 1.88. The van der Waals surface area contributed by atoms with Gasteiger partial charge in [-0.2, -0.15) is 13.2 Å². The highest BCUT2D eigenvalue weighted by Crippen LogP contribution is 2.42. The van der Waals surface area contributed by atoms with E-state index >= 15 is 0 Å². The number of anilines is 1. The highest BCUT2D eigenvalue weighted by Gasteiger charge is 2.43. The standard InChI is InChI=1S/C11H9F5N2O3/c12-10(13,14)5-17-4-9(19)18-6-1-2-7-8(3-6)21-11(15,16)20-7/h1-3,17H,4-5H2,(H,18,19). The van der Waals surface area contributed by atoms with Crippen molar-refractivity contribution in [2.75, 3.05) is 18.4 Å². The second kappa shape index (κ2) is 5.35. The molecule has 2 rings (SSSR count). The van der Waals surface area contributed by atoms with Gasteiger partial charge in [0.15, 0.2) is 11.5 Å². The van der Waals surface area contributed by atoms with Gasteiger partial charge in [0.25, 0.3) is 0 Å². The average Bonchev–Trinajstić information content (AvgIpc) is 2.60. The molecule has 0 aromatic heterocycles. The fourth-order valence-electron chi connectivity index (χ4n) is 1.55.